The van der Waals surface area contributed by atoms with Crippen molar-refractivity contribution >= 4 is 29.1 Å². The Morgan fingerprint density at radius 1 is 1.14 bits per heavy atom. The number of halogens is 4. The van der Waals surface area contributed by atoms with Crippen LogP contribution in [0.2, 0.25) is 5.02 Å². The summed E-state index contributed by atoms with van der Waals surface area (Å²) in [6.45, 7) is 0.422. The smallest absolute Gasteiger partial charge is 0.405 e. The third-order valence-electron chi connectivity index (χ3n) is 5.53. The maximum absolute atomic E-state index is 13.0. The third kappa shape index (κ3) is 6.10. The van der Waals surface area contributed by atoms with Crippen molar-refractivity contribution in [3.63, 3.8) is 0 Å². The fourth-order valence-corrected chi connectivity index (χ4v) is 4.27. The standard InChI is InChI=1S/C23H21ClF3N5O3/c24-18-13-15(8-9-16(18)17-5-1-2-7-20(17)35-23(25,26)27)29-22(34)19-6-3-4-11-32(19)21(33)14-31-12-10-28-30-31/h1-2,5,7-10,12-13,19H,3-4,6,11,14H2,(H,29,34)/t19-/m1/s1. The number of piperidine rings is 1. The molecule has 0 aliphatic carbocycles. The Hall–Kier alpha value is -3.60. The predicted octanol–water partition coefficient (Wildman–Crippen LogP) is 4.52. The minimum absolute atomic E-state index is 0.0241. The second-order valence-corrected chi connectivity index (χ2v) is 8.33. The van der Waals surface area contributed by atoms with Crippen LogP contribution in [0.4, 0.5) is 18.9 Å². The summed E-state index contributed by atoms with van der Waals surface area (Å²) in [7, 11) is 0. The first kappa shape index (κ1) is 24.5. The second-order valence-electron chi connectivity index (χ2n) is 7.93. The van der Waals surface area contributed by atoms with Crippen molar-refractivity contribution in [2.75, 3.05) is 11.9 Å². The maximum atomic E-state index is 13.0. The van der Waals surface area contributed by atoms with Crippen LogP contribution in [0, 0.1) is 0 Å². The van der Waals surface area contributed by atoms with E-state index < -0.39 is 12.4 Å². The number of para-hydroxylation sites is 1. The number of carbonyl (C=O) groups excluding carboxylic acids is 2. The number of benzene rings is 2. The summed E-state index contributed by atoms with van der Waals surface area (Å²) in [6.07, 6.45) is 0.261. The molecule has 2 amide bonds. The Labute approximate surface area is 203 Å². The molecule has 1 fully saturated rings. The van der Waals surface area contributed by atoms with Crippen molar-refractivity contribution in [2.24, 2.45) is 0 Å². The summed E-state index contributed by atoms with van der Waals surface area (Å²) in [5.41, 5.74) is 0.823. The van der Waals surface area contributed by atoms with Crippen LogP contribution in [0.1, 0.15) is 19.3 Å². The lowest BCUT2D eigenvalue weighted by Gasteiger charge is -2.34. The van der Waals surface area contributed by atoms with Crippen molar-refractivity contribution in [2.45, 2.75) is 38.2 Å². The summed E-state index contributed by atoms with van der Waals surface area (Å²) in [6, 6.07) is 9.47. The van der Waals surface area contributed by atoms with Crippen LogP contribution in [0.3, 0.4) is 0 Å². The summed E-state index contributed by atoms with van der Waals surface area (Å²) in [5.74, 6) is -1.01. The molecule has 8 nitrogen and oxygen atoms in total. The van der Waals surface area contributed by atoms with Crippen molar-refractivity contribution in [1.82, 2.24) is 19.9 Å². The lowest BCUT2D eigenvalue weighted by atomic mass is 10.0. The highest BCUT2D eigenvalue weighted by Crippen LogP contribution is 2.38. The van der Waals surface area contributed by atoms with Gasteiger partial charge in [-0.2, -0.15) is 0 Å². The van der Waals surface area contributed by atoms with Gasteiger partial charge < -0.3 is 15.0 Å². The monoisotopic (exact) mass is 507 g/mol. The summed E-state index contributed by atoms with van der Waals surface area (Å²) < 4.78 is 43.8. The van der Waals surface area contributed by atoms with Crippen LogP contribution < -0.4 is 10.1 Å². The number of anilines is 1. The van der Waals surface area contributed by atoms with Crippen molar-refractivity contribution < 1.29 is 27.5 Å². The minimum Gasteiger partial charge on any atom is -0.405 e. The number of likely N-dealkylation sites (tertiary alicyclic amines) is 1. The Kier molecular flexibility index (Phi) is 7.25. The topological polar surface area (TPSA) is 89.4 Å². The van der Waals surface area contributed by atoms with E-state index in [9.17, 15) is 22.8 Å². The first-order chi connectivity index (χ1) is 16.7. The van der Waals surface area contributed by atoms with Crippen LogP contribution in [-0.4, -0.2) is 50.7 Å². The van der Waals surface area contributed by atoms with E-state index in [0.29, 0.717) is 24.2 Å². The first-order valence-electron chi connectivity index (χ1n) is 10.8. The number of hydrogen-bond donors (Lipinski definition) is 1. The molecule has 2 aromatic carbocycles. The third-order valence-corrected chi connectivity index (χ3v) is 5.85. The Bertz CT molecular complexity index is 1200. The molecule has 1 atom stereocenters. The van der Waals surface area contributed by atoms with Crippen molar-refractivity contribution in [3.05, 3.63) is 59.9 Å². The van der Waals surface area contributed by atoms with Gasteiger partial charge in [0.15, 0.2) is 0 Å². The molecule has 1 aromatic heterocycles. The van der Waals surface area contributed by atoms with E-state index in [1.54, 1.807) is 12.3 Å². The minimum atomic E-state index is -4.85. The Morgan fingerprint density at radius 3 is 2.66 bits per heavy atom. The highest BCUT2D eigenvalue weighted by Gasteiger charge is 2.33. The van der Waals surface area contributed by atoms with E-state index in [4.69, 9.17) is 11.6 Å². The Morgan fingerprint density at radius 2 is 1.94 bits per heavy atom. The molecule has 4 rings (SSSR count). The molecular weight excluding hydrogens is 487 g/mol. The molecule has 0 unspecified atom stereocenters. The molecule has 184 valence electrons. The molecule has 1 aliphatic rings. The highest BCUT2D eigenvalue weighted by atomic mass is 35.5. The molecule has 3 aromatic rings. The molecule has 1 aliphatic heterocycles. The summed E-state index contributed by atoms with van der Waals surface area (Å²) in [5, 5.41) is 10.4. The van der Waals surface area contributed by atoms with Crippen molar-refractivity contribution in [3.8, 4) is 16.9 Å². The van der Waals surface area contributed by atoms with E-state index in [1.165, 1.54) is 52.2 Å². The quantitative estimate of drug-likeness (QED) is 0.530. The van der Waals surface area contributed by atoms with Crippen molar-refractivity contribution in [1.29, 1.82) is 0 Å². The van der Waals surface area contributed by atoms with Crippen LogP contribution >= 0.6 is 11.6 Å². The molecule has 0 bridgehead atoms. The van der Waals surface area contributed by atoms with Gasteiger partial charge in [0.2, 0.25) is 11.8 Å². The number of rotatable bonds is 6. The predicted molar refractivity (Wildman–Crippen MR) is 122 cm³/mol. The number of nitrogens with zero attached hydrogens (tertiary/aromatic N) is 4. The number of amides is 2. The normalized spacial score (nSPS) is 16.1. The van der Waals surface area contributed by atoms with Gasteiger partial charge in [-0.1, -0.05) is 41.1 Å². The maximum Gasteiger partial charge on any atom is 0.573 e. The van der Waals surface area contributed by atoms with Gasteiger partial charge in [-0.25, -0.2) is 4.68 Å². The summed E-state index contributed by atoms with van der Waals surface area (Å²) >= 11 is 6.37. The average molecular weight is 508 g/mol. The van der Waals surface area contributed by atoms with Crippen LogP contribution in [0.15, 0.2) is 54.9 Å². The number of ether oxygens (including phenoxy) is 1. The fraction of sp³-hybridized carbons (Fsp3) is 0.304. The molecular formula is C23H21ClF3N5O3. The van der Waals surface area contributed by atoms with Gasteiger partial charge in [-0.05, 0) is 37.5 Å². The van der Waals surface area contributed by atoms with Gasteiger partial charge in [0.1, 0.15) is 18.3 Å². The number of aromatic nitrogens is 3. The van der Waals surface area contributed by atoms with E-state index in [1.807, 2.05) is 0 Å². The van der Waals surface area contributed by atoms with E-state index in [0.717, 1.165) is 12.8 Å². The lowest BCUT2D eigenvalue weighted by Crippen LogP contribution is -2.51. The molecule has 35 heavy (non-hydrogen) atoms. The zero-order valence-electron chi connectivity index (χ0n) is 18.3. The van der Waals surface area contributed by atoms with E-state index in [-0.39, 0.29) is 34.7 Å². The largest absolute Gasteiger partial charge is 0.573 e. The van der Waals surface area contributed by atoms with Gasteiger partial charge in [0, 0.05) is 29.6 Å². The van der Waals surface area contributed by atoms with Gasteiger partial charge >= 0.3 is 6.36 Å². The van der Waals surface area contributed by atoms with Gasteiger partial charge in [0.25, 0.3) is 0 Å². The van der Waals surface area contributed by atoms with Crippen LogP contribution in [0.5, 0.6) is 5.75 Å². The molecule has 12 heteroatoms. The SMILES string of the molecule is O=C(Nc1ccc(-c2ccccc2OC(F)(F)F)c(Cl)c1)[C@H]1CCCCN1C(=O)Cn1ccnn1. The number of nitrogens with one attached hydrogen (secondary N) is 1. The zero-order chi connectivity index (χ0) is 25.0. The molecule has 2 heterocycles. The molecule has 0 radical (unpaired) electrons. The first-order valence-corrected chi connectivity index (χ1v) is 11.2. The number of carbonyl (C=O) groups is 2. The average Bonchev–Trinajstić information content (AvgIpc) is 3.32. The highest BCUT2D eigenvalue weighted by molar-refractivity contribution is 6.33. The molecule has 1 N–H and O–H groups in total. The Balaban J connectivity index is 1.49. The molecule has 1 saturated heterocycles. The zero-order valence-corrected chi connectivity index (χ0v) is 19.1. The fourth-order valence-electron chi connectivity index (χ4n) is 3.99. The summed E-state index contributed by atoms with van der Waals surface area (Å²) in [4.78, 5) is 27.3. The van der Waals surface area contributed by atoms with E-state index in [2.05, 4.69) is 20.4 Å². The number of hydrogen-bond acceptors (Lipinski definition) is 5. The van der Waals surface area contributed by atoms with E-state index >= 15 is 0 Å². The van der Waals surface area contributed by atoms with Gasteiger partial charge in [-0.3, -0.25) is 9.59 Å². The molecule has 0 spiro atoms. The van der Waals surface area contributed by atoms with Crippen LogP contribution in [-0.2, 0) is 16.1 Å². The van der Waals surface area contributed by atoms with Gasteiger partial charge in [-0.15, -0.1) is 18.3 Å². The molecule has 0 saturated carbocycles. The second kappa shape index (κ2) is 10.3. The van der Waals surface area contributed by atoms with Gasteiger partial charge in [0.05, 0.1) is 11.2 Å². The number of alkyl halides is 3. The lowest BCUT2D eigenvalue weighted by molar-refractivity contribution is -0.274. The van der Waals surface area contributed by atoms with Crippen LogP contribution in [0.25, 0.3) is 11.1 Å².